The zero-order chi connectivity index (χ0) is 18.5. The highest BCUT2D eigenvalue weighted by Crippen LogP contribution is 2.19. The molecule has 7 heteroatoms. The molecule has 3 rings (SSSR count). The predicted molar refractivity (Wildman–Crippen MR) is 98.8 cm³/mol. The fourth-order valence-electron chi connectivity index (χ4n) is 2.95. The molecule has 0 aliphatic carbocycles. The average molecular weight is 380 g/mol. The summed E-state index contributed by atoms with van der Waals surface area (Å²) in [4.78, 5) is 16.5. The second-order valence-electron chi connectivity index (χ2n) is 6.19. The van der Waals surface area contributed by atoms with Crippen molar-refractivity contribution in [2.24, 2.45) is 0 Å². The summed E-state index contributed by atoms with van der Waals surface area (Å²) in [5, 5.41) is 3.47. The van der Waals surface area contributed by atoms with Crippen molar-refractivity contribution in [3.8, 4) is 0 Å². The molecule has 0 spiro atoms. The third-order valence-corrected chi connectivity index (χ3v) is 4.71. The first-order chi connectivity index (χ1) is 12.5. The molecule has 138 valence electrons. The van der Waals surface area contributed by atoms with E-state index in [9.17, 15) is 13.6 Å². The van der Waals surface area contributed by atoms with Gasteiger partial charge in [0.15, 0.2) is 11.6 Å². The van der Waals surface area contributed by atoms with Crippen LogP contribution in [0.15, 0.2) is 42.5 Å². The summed E-state index contributed by atoms with van der Waals surface area (Å²) in [5.74, 6) is -2.38. The summed E-state index contributed by atoms with van der Waals surface area (Å²) < 4.78 is 26.1. The number of nitrogens with zero attached hydrogens (tertiary/aromatic N) is 2. The number of carbonyl (C=O) groups excluding carboxylic acids is 1. The Hall–Kier alpha value is -2.18. The maximum Gasteiger partial charge on any atom is 0.251 e. The van der Waals surface area contributed by atoms with Gasteiger partial charge in [0.05, 0.1) is 0 Å². The summed E-state index contributed by atoms with van der Waals surface area (Å²) in [6.45, 7) is 4.76. The Morgan fingerprint density at radius 2 is 1.69 bits per heavy atom. The molecule has 0 bridgehead atoms. The van der Waals surface area contributed by atoms with E-state index in [1.165, 1.54) is 6.07 Å². The van der Waals surface area contributed by atoms with E-state index in [1.54, 1.807) is 0 Å². The highest BCUT2D eigenvalue weighted by atomic mass is 35.5. The minimum absolute atomic E-state index is 0.122. The predicted octanol–water partition coefficient (Wildman–Crippen LogP) is 3.17. The molecule has 2 aromatic rings. The molecule has 2 aromatic carbocycles. The maximum atomic E-state index is 13.2. The summed E-state index contributed by atoms with van der Waals surface area (Å²) in [7, 11) is 0. The SMILES string of the molecule is O=C(NCCN1CCN(c2ccc(Cl)cc2)CC1)c1ccc(F)c(F)c1. The number of anilines is 1. The lowest BCUT2D eigenvalue weighted by Crippen LogP contribution is -2.48. The lowest BCUT2D eigenvalue weighted by molar-refractivity contribution is 0.0947. The molecule has 1 heterocycles. The first kappa shape index (κ1) is 18.6. The summed E-state index contributed by atoms with van der Waals surface area (Å²) in [6, 6.07) is 10.9. The van der Waals surface area contributed by atoms with Crippen molar-refractivity contribution in [3.05, 3.63) is 64.7 Å². The number of benzene rings is 2. The summed E-state index contributed by atoms with van der Waals surface area (Å²) >= 11 is 5.92. The molecule has 0 aromatic heterocycles. The zero-order valence-electron chi connectivity index (χ0n) is 14.2. The number of hydrogen-bond acceptors (Lipinski definition) is 3. The van der Waals surface area contributed by atoms with Crippen LogP contribution in [-0.2, 0) is 0 Å². The second kappa shape index (κ2) is 8.47. The van der Waals surface area contributed by atoms with Gasteiger partial charge in [-0.15, -0.1) is 0 Å². The normalized spacial score (nSPS) is 15.1. The van der Waals surface area contributed by atoms with Gasteiger partial charge in [0, 0.05) is 55.5 Å². The van der Waals surface area contributed by atoms with Crippen LogP contribution in [0.1, 0.15) is 10.4 Å². The number of piperazine rings is 1. The topological polar surface area (TPSA) is 35.6 Å². The molecule has 1 fully saturated rings. The van der Waals surface area contributed by atoms with Crippen molar-refractivity contribution in [2.45, 2.75) is 0 Å². The van der Waals surface area contributed by atoms with Crippen LogP contribution in [0.5, 0.6) is 0 Å². The highest BCUT2D eigenvalue weighted by molar-refractivity contribution is 6.30. The first-order valence-electron chi connectivity index (χ1n) is 8.49. The van der Waals surface area contributed by atoms with E-state index in [1.807, 2.05) is 24.3 Å². The molecule has 1 amide bonds. The van der Waals surface area contributed by atoms with Crippen LogP contribution < -0.4 is 10.2 Å². The number of amides is 1. The van der Waals surface area contributed by atoms with Crippen molar-refractivity contribution in [1.29, 1.82) is 0 Å². The van der Waals surface area contributed by atoms with Crippen LogP contribution in [-0.4, -0.2) is 50.1 Å². The van der Waals surface area contributed by atoms with Crippen LogP contribution in [0, 0.1) is 11.6 Å². The van der Waals surface area contributed by atoms with E-state index >= 15 is 0 Å². The van der Waals surface area contributed by atoms with Crippen LogP contribution in [0.25, 0.3) is 0 Å². The Kier molecular flexibility index (Phi) is 6.06. The molecule has 0 radical (unpaired) electrons. The van der Waals surface area contributed by atoms with Gasteiger partial charge < -0.3 is 10.2 Å². The number of halogens is 3. The highest BCUT2D eigenvalue weighted by Gasteiger charge is 2.17. The second-order valence-corrected chi connectivity index (χ2v) is 6.63. The molecular formula is C19H20ClF2N3O. The summed E-state index contributed by atoms with van der Waals surface area (Å²) in [6.07, 6.45) is 0. The standard InChI is InChI=1S/C19H20ClF2N3O/c20-15-2-4-16(5-3-15)25-11-9-24(10-12-25)8-7-23-19(26)14-1-6-17(21)18(22)13-14/h1-6,13H,7-12H2,(H,23,26). The van der Waals surface area contributed by atoms with Crippen LogP contribution in [0.3, 0.4) is 0 Å². The smallest absolute Gasteiger partial charge is 0.251 e. The molecule has 4 nitrogen and oxygen atoms in total. The van der Waals surface area contributed by atoms with Gasteiger partial charge in [0.2, 0.25) is 0 Å². The lowest BCUT2D eigenvalue weighted by atomic mass is 10.2. The molecule has 26 heavy (non-hydrogen) atoms. The first-order valence-corrected chi connectivity index (χ1v) is 8.87. The van der Waals surface area contributed by atoms with Crippen molar-refractivity contribution in [3.63, 3.8) is 0 Å². The van der Waals surface area contributed by atoms with E-state index in [-0.39, 0.29) is 5.56 Å². The number of nitrogens with one attached hydrogen (secondary N) is 1. The van der Waals surface area contributed by atoms with E-state index in [0.717, 1.165) is 49.0 Å². The van der Waals surface area contributed by atoms with Gasteiger partial charge in [-0.1, -0.05) is 11.6 Å². The van der Waals surface area contributed by atoms with Crippen LogP contribution >= 0.6 is 11.6 Å². The molecule has 1 aliphatic rings. The molecule has 1 N–H and O–H groups in total. The Balaban J connectivity index is 1.41. The minimum atomic E-state index is -1.02. The molecule has 0 saturated carbocycles. The molecule has 0 unspecified atom stereocenters. The zero-order valence-corrected chi connectivity index (χ0v) is 15.0. The minimum Gasteiger partial charge on any atom is -0.369 e. The number of carbonyl (C=O) groups is 1. The largest absolute Gasteiger partial charge is 0.369 e. The van der Waals surface area contributed by atoms with Crippen molar-refractivity contribution in [1.82, 2.24) is 10.2 Å². The van der Waals surface area contributed by atoms with Crippen molar-refractivity contribution < 1.29 is 13.6 Å². The van der Waals surface area contributed by atoms with E-state index in [4.69, 9.17) is 11.6 Å². The quantitative estimate of drug-likeness (QED) is 0.866. The fourth-order valence-corrected chi connectivity index (χ4v) is 3.07. The Labute approximate surface area is 156 Å². The molecular weight excluding hydrogens is 360 g/mol. The molecule has 1 aliphatic heterocycles. The van der Waals surface area contributed by atoms with E-state index < -0.39 is 17.5 Å². The summed E-state index contributed by atoms with van der Waals surface area (Å²) in [5.41, 5.74) is 1.28. The van der Waals surface area contributed by atoms with Crippen LogP contribution in [0.2, 0.25) is 5.02 Å². The van der Waals surface area contributed by atoms with Gasteiger partial charge in [-0.3, -0.25) is 9.69 Å². The third-order valence-electron chi connectivity index (χ3n) is 4.46. The number of rotatable bonds is 5. The Bertz CT molecular complexity index is 762. The molecule has 1 saturated heterocycles. The Morgan fingerprint density at radius 3 is 2.35 bits per heavy atom. The van der Waals surface area contributed by atoms with Gasteiger partial charge >= 0.3 is 0 Å². The van der Waals surface area contributed by atoms with E-state index in [2.05, 4.69) is 15.1 Å². The average Bonchev–Trinajstić information content (AvgIpc) is 2.65. The van der Waals surface area contributed by atoms with Gasteiger partial charge in [-0.05, 0) is 42.5 Å². The van der Waals surface area contributed by atoms with Crippen molar-refractivity contribution >= 4 is 23.2 Å². The lowest BCUT2D eigenvalue weighted by Gasteiger charge is -2.36. The fraction of sp³-hybridized carbons (Fsp3) is 0.316. The third kappa shape index (κ3) is 4.71. The maximum absolute atomic E-state index is 13.2. The van der Waals surface area contributed by atoms with Crippen LogP contribution in [0.4, 0.5) is 14.5 Å². The van der Waals surface area contributed by atoms with Gasteiger partial charge in [0.1, 0.15) is 0 Å². The van der Waals surface area contributed by atoms with E-state index in [0.29, 0.717) is 13.1 Å². The van der Waals surface area contributed by atoms with Gasteiger partial charge in [-0.25, -0.2) is 8.78 Å². The number of hydrogen-bond donors (Lipinski definition) is 1. The Morgan fingerprint density at radius 1 is 1.00 bits per heavy atom. The monoisotopic (exact) mass is 379 g/mol. The van der Waals surface area contributed by atoms with Gasteiger partial charge in [0.25, 0.3) is 5.91 Å². The van der Waals surface area contributed by atoms with Gasteiger partial charge in [-0.2, -0.15) is 0 Å². The molecule has 0 atom stereocenters. The van der Waals surface area contributed by atoms with Crippen molar-refractivity contribution in [2.75, 3.05) is 44.2 Å².